The third-order valence-corrected chi connectivity index (χ3v) is 2.84. The van der Waals surface area contributed by atoms with Gasteiger partial charge in [0.1, 0.15) is 5.76 Å². The predicted octanol–water partition coefficient (Wildman–Crippen LogP) is 3.55. The maximum Gasteiger partial charge on any atom is 0.188 e. The Morgan fingerprint density at radius 2 is 1.81 bits per heavy atom. The molecule has 88 valence electrons. The highest BCUT2D eigenvalue weighted by atomic mass is 16.5. The van der Waals surface area contributed by atoms with Crippen LogP contribution in [0.3, 0.4) is 0 Å². The summed E-state index contributed by atoms with van der Waals surface area (Å²) in [5, 5.41) is 0. The summed E-state index contributed by atoms with van der Waals surface area (Å²) < 4.78 is 5.80. The van der Waals surface area contributed by atoms with Crippen molar-refractivity contribution in [1.82, 2.24) is 0 Å². The fourth-order valence-electron chi connectivity index (χ4n) is 1.89. The fourth-order valence-corrected chi connectivity index (χ4v) is 1.89. The number of rotatable bonds is 3. The smallest absolute Gasteiger partial charge is 0.188 e. The van der Waals surface area contributed by atoms with Crippen molar-refractivity contribution in [2.45, 2.75) is 47.1 Å². The summed E-state index contributed by atoms with van der Waals surface area (Å²) in [6.07, 6.45) is 0.921. The quantitative estimate of drug-likeness (QED) is 0.680. The lowest BCUT2D eigenvalue weighted by molar-refractivity contribution is -0.112. The lowest BCUT2D eigenvalue weighted by atomic mass is 9.86. The molecule has 0 aromatic rings. The average molecular weight is 220 g/mol. The normalized spacial score (nSPS) is 17.6. The molecule has 0 radical (unpaired) electrons. The van der Waals surface area contributed by atoms with Crippen LogP contribution in [0.25, 0.3) is 0 Å². The van der Waals surface area contributed by atoms with Crippen LogP contribution in [0.5, 0.6) is 0 Å². The molecular weight excluding hydrogens is 200 g/mol. The molecule has 0 bridgehead atoms. The van der Waals surface area contributed by atoms with Gasteiger partial charge in [0.2, 0.25) is 0 Å². The van der Waals surface area contributed by atoms with Gasteiger partial charge < -0.3 is 4.74 Å². The van der Waals surface area contributed by atoms with E-state index in [4.69, 9.17) is 4.74 Å². The minimum Gasteiger partial charge on any atom is -0.490 e. The number of ether oxygens (including phenoxy) is 1. The van der Waals surface area contributed by atoms with Gasteiger partial charge in [-0.15, -0.1) is 0 Å². The van der Waals surface area contributed by atoms with Gasteiger partial charge in [-0.2, -0.15) is 0 Å². The van der Waals surface area contributed by atoms with Crippen LogP contribution in [0.4, 0.5) is 0 Å². The van der Waals surface area contributed by atoms with E-state index < -0.39 is 0 Å². The molecule has 0 aromatic heterocycles. The molecule has 1 rings (SSSR count). The number of ketones is 1. The van der Waals surface area contributed by atoms with Gasteiger partial charge in [-0.05, 0) is 34.1 Å². The summed E-state index contributed by atoms with van der Waals surface area (Å²) in [7, 11) is 0. The van der Waals surface area contributed by atoms with Crippen molar-refractivity contribution < 1.29 is 9.53 Å². The van der Waals surface area contributed by atoms with Gasteiger partial charge >= 0.3 is 0 Å². The molecule has 1 aliphatic rings. The lowest BCUT2D eigenvalue weighted by Crippen LogP contribution is -2.18. The van der Waals surface area contributed by atoms with Gasteiger partial charge in [0, 0.05) is 22.3 Å². The Morgan fingerprint density at radius 1 is 1.25 bits per heavy atom. The summed E-state index contributed by atoms with van der Waals surface area (Å²) in [6, 6.07) is 0. The van der Waals surface area contributed by atoms with Crippen molar-refractivity contribution in [3.8, 4) is 0 Å². The van der Waals surface area contributed by atoms with Crippen molar-refractivity contribution in [2.24, 2.45) is 0 Å². The maximum absolute atomic E-state index is 11.9. The Hall–Kier alpha value is -1.31. The molecule has 0 fully saturated rings. The Labute approximate surface area is 97.7 Å². The largest absolute Gasteiger partial charge is 0.490 e. The predicted molar refractivity (Wildman–Crippen MR) is 66.1 cm³/mol. The maximum atomic E-state index is 11.9. The van der Waals surface area contributed by atoms with E-state index >= 15 is 0 Å². The zero-order chi connectivity index (χ0) is 12.5. The van der Waals surface area contributed by atoms with E-state index in [0.717, 1.165) is 28.9 Å². The van der Waals surface area contributed by atoms with Gasteiger partial charge in [-0.25, -0.2) is 0 Å². The van der Waals surface area contributed by atoms with E-state index in [1.165, 1.54) is 0 Å². The molecule has 0 aliphatic heterocycles. The zero-order valence-corrected chi connectivity index (χ0v) is 10.8. The fraction of sp³-hybridized carbons (Fsp3) is 0.500. The molecule has 0 N–H and O–H groups in total. The summed E-state index contributed by atoms with van der Waals surface area (Å²) in [5.41, 5.74) is 3.23. The Balaban J connectivity index is 3.28. The standard InChI is InChI=1S/C14H20O2/c1-7-12-11(6)13(15)9(4)10(5)14(12)16-8(2)3/h8H,4,7H2,1-3,5-6H3. The number of allylic oxidation sites excluding steroid dienone is 4. The van der Waals surface area contributed by atoms with Crippen LogP contribution in [0.2, 0.25) is 0 Å². The topological polar surface area (TPSA) is 26.3 Å². The third kappa shape index (κ3) is 2.11. The van der Waals surface area contributed by atoms with Crippen LogP contribution >= 0.6 is 0 Å². The first kappa shape index (κ1) is 12.8. The molecule has 2 heteroatoms. The van der Waals surface area contributed by atoms with Crippen LogP contribution in [-0.2, 0) is 9.53 Å². The highest BCUT2D eigenvalue weighted by Gasteiger charge is 2.26. The van der Waals surface area contributed by atoms with E-state index in [0.29, 0.717) is 5.57 Å². The molecule has 0 aromatic carbocycles. The lowest BCUT2D eigenvalue weighted by Gasteiger charge is -2.25. The van der Waals surface area contributed by atoms with Crippen molar-refractivity contribution in [2.75, 3.05) is 0 Å². The van der Waals surface area contributed by atoms with Crippen LogP contribution in [0.15, 0.2) is 34.6 Å². The summed E-state index contributed by atoms with van der Waals surface area (Å²) in [5.74, 6) is 0.894. The van der Waals surface area contributed by atoms with E-state index in [1.54, 1.807) is 0 Å². The SMILES string of the molecule is C=C1C(=O)C(C)=C(CC)C(OC(C)C)=C1C. The number of hydrogen-bond acceptors (Lipinski definition) is 2. The monoisotopic (exact) mass is 220 g/mol. The van der Waals surface area contributed by atoms with Gasteiger partial charge in [0.15, 0.2) is 5.78 Å². The van der Waals surface area contributed by atoms with Gasteiger partial charge in [-0.1, -0.05) is 13.5 Å². The molecule has 16 heavy (non-hydrogen) atoms. The van der Waals surface area contributed by atoms with E-state index in [9.17, 15) is 4.79 Å². The minimum atomic E-state index is 0.0467. The molecule has 0 saturated heterocycles. The molecular formula is C14H20O2. The third-order valence-electron chi connectivity index (χ3n) is 2.84. The van der Waals surface area contributed by atoms with Gasteiger partial charge in [0.25, 0.3) is 0 Å². The van der Waals surface area contributed by atoms with E-state index in [-0.39, 0.29) is 11.9 Å². The van der Waals surface area contributed by atoms with Crippen LogP contribution < -0.4 is 0 Å². The van der Waals surface area contributed by atoms with Crippen molar-refractivity contribution in [3.63, 3.8) is 0 Å². The number of carbonyl (C=O) groups excluding carboxylic acids is 1. The second-order valence-corrected chi connectivity index (χ2v) is 4.39. The summed E-state index contributed by atoms with van der Waals surface area (Å²) in [4.78, 5) is 11.9. The Kier molecular flexibility index (Phi) is 3.74. The summed E-state index contributed by atoms with van der Waals surface area (Å²) in [6.45, 7) is 13.6. The summed E-state index contributed by atoms with van der Waals surface area (Å²) >= 11 is 0. The zero-order valence-electron chi connectivity index (χ0n) is 10.8. The molecule has 0 spiro atoms. The van der Waals surface area contributed by atoms with E-state index in [1.807, 2.05) is 34.6 Å². The van der Waals surface area contributed by atoms with Crippen molar-refractivity contribution in [3.05, 3.63) is 34.6 Å². The molecule has 0 unspecified atom stereocenters. The Bertz CT molecular complexity index is 395. The van der Waals surface area contributed by atoms with Gasteiger partial charge in [-0.3, -0.25) is 4.79 Å². The molecule has 0 saturated carbocycles. The number of carbonyl (C=O) groups is 1. The van der Waals surface area contributed by atoms with Crippen LogP contribution in [-0.4, -0.2) is 11.9 Å². The minimum absolute atomic E-state index is 0.0467. The molecule has 0 amide bonds. The first-order valence-electron chi connectivity index (χ1n) is 5.71. The molecule has 2 nitrogen and oxygen atoms in total. The Morgan fingerprint density at radius 3 is 2.25 bits per heavy atom. The average Bonchev–Trinajstić information content (AvgIpc) is 2.23. The molecule has 0 atom stereocenters. The highest BCUT2D eigenvalue weighted by Crippen LogP contribution is 2.33. The number of hydrogen-bond donors (Lipinski definition) is 0. The molecule has 0 heterocycles. The number of Topliss-reactive ketones (excluding diaryl/α,β-unsaturated/α-hetero) is 1. The highest BCUT2D eigenvalue weighted by molar-refractivity contribution is 6.12. The van der Waals surface area contributed by atoms with Crippen molar-refractivity contribution >= 4 is 5.78 Å². The second kappa shape index (κ2) is 4.69. The first-order valence-corrected chi connectivity index (χ1v) is 5.71. The van der Waals surface area contributed by atoms with Crippen molar-refractivity contribution in [1.29, 1.82) is 0 Å². The molecule has 1 aliphatic carbocycles. The van der Waals surface area contributed by atoms with Crippen LogP contribution in [0, 0.1) is 0 Å². The first-order chi connectivity index (χ1) is 7.40. The van der Waals surface area contributed by atoms with E-state index in [2.05, 4.69) is 6.58 Å². The second-order valence-electron chi connectivity index (χ2n) is 4.39. The van der Waals surface area contributed by atoms with Gasteiger partial charge in [0.05, 0.1) is 6.10 Å². The van der Waals surface area contributed by atoms with Crippen LogP contribution in [0.1, 0.15) is 41.0 Å².